The molecule has 1 unspecified atom stereocenters. The first-order chi connectivity index (χ1) is 9.56. The summed E-state index contributed by atoms with van der Waals surface area (Å²) in [5.74, 6) is 6.49. The first kappa shape index (κ1) is 15.3. The highest BCUT2D eigenvalue weighted by molar-refractivity contribution is 9.10. The van der Waals surface area contributed by atoms with Gasteiger partial charge in [-0.15, -0.1) is 0 Å². The van der Waals surface area contributed by atoms with Crippen LogP contribution in [0.3, 0.4) is 0 Å². The zero-order valence-electron chi connectivity index (χ0n) is 11.3. The number of nitrogens with one attached hydrogen (secondary N) is 1. The average molecular weight is 356 g/mol. The second kappa shape index (κ2) is 6.59. The Morgan fingerprint density at radius 2 is 2.00 bits per heavy atom. The number of benzene rings is 2. The molecule has 106 valence electrons. The van der Waals surface area contributed by atoms with Gasteiger partial charge in [-0.3, -0.25) is 5.84 Å². The maximum absolute atomic E-state index is 6.09. The van der Waals surface area contributed by atoms with Gasteiger partial charge in [0.1, 0.15) is 5.75 Å². The van der Waals surface area contributed by atoms with Crippen molar-refractivity contribution >= 4 is 27.5 Å². The molecule has 0 amide bonds. The average Bonchev–Trinajstić information content (AvgIpc) is 2.44. The minimum atomic E-state index is -0.185. The van der Waals surface area contributed by atoms with Crippen LogP contribution in [-0.4, -0.2) is 7.11 Å². The van der Waals surface area contributed by atoms with Crippen molar-refractivity contribution in [2.75, 3.05) is 7.11 Å². The molecule has 20 heavy (non-hydrogen) atoms. The van der Waals surface area contributed by atoms with E-state index in [0.717, 1.165) is 26.9 Å². The van der Waals surface area contributed by atoms with Gasteiger partial charge in [-0.05, 0) is 42.3 Å². The van der Waals surface area contributed by atoms with Crippen LogP contribution in [0.15, 0.2) is 40.9 Å². The van der Waals surface area contributed by atoms with Gasteiger partial charge in [0.25, 0.3) is 0 Å². The molecule has 3 nitrogen and oxygen atoms in total. The van der Waals surface area contributed by atoms with E-state index in [1.54, 1.807) is 13.2 Å². The van der Waals surface area contributed by atoms with Crippen LogP contribution in [-0.2, 0) is 0 Å². The fourth-order valence-corrected chi connectivity index (χ4v) is 2.57. The lowest BCUT2D eigenvalue weighted by Gasteiger charge is -2.20. The molecule has 5 heteroatoms. The van der Waals surface area contributed by atoms with Gasteiger partial charge in [0.15, 0.2) is 0 Å². The van der Waals surface area contributed by atoms with E-state index in [0.29, 0.717) is 5.02 Å². The summed E-state index contributed by atoms with van der Waals surface area (Å²) in [7, 11) is 1.63. The van der Waals surface area contributed by atoms with Crippen molar-refractivity contribution in [2.24, 2.45) is 5.84 Å². The summed E-state index contributed by atoms with van der Waals surface area (Å²) in [5.41, 5.74) is 5.93. The third kappa shape index (κ3) is 3.15. The molecule has 0 radical (unpaired) electrons. The van der Waals surface area contributed by atoms with E-state index < -0.39 is 0 Å². The Morgan fingerprint density at radius 3 is 2.60 bits per heavy atom. The molecule has 0 saturated heterocycles. The van der Waals surface area contributed by atoms with E-state index in [2.05, 4.69) is 27.4 Å². The lowest BCUT2D eigenvalue weighted by atomic mass is 9.97. The quantitative estimate of drug-likeness (QED) is 0.644. The van der Waals surface area contributed by atoms with Gasteiger partial charge in [0, 0.05) is 15.1 Å². The molecule has 2 aromatic carbocycles. The second-order valence-corrected chi connectivity index (χ2v) is 5.79. The highest BCUT2D eigenvalue weighted by Crippen LogP contribution is 2.33. The zero-order valence-corrected chi connectivity index (χ0v) is 13.6. The Labute approximate surface area is 132 Å². The van der Waals surface area contributed by atoms with Crippen molar-refractivity contribution in [2.45, 2.75) is 13.0 Å². The van der Waals surface area contributed by atoms with E-state index in [-0.39, 0.29) is 6.04 Å². The van der Waals surface area contributed by atoms with Gasteiger partial charge < -0.3 is 4.74 Å². The van der Waals surface area contributed by atoms with Crippen LogP contribution in [0.25, 0.3) is 0 Å². The molecule has 1 atom stereocenters. The highest BCUT2D eigenvalue weighted by Gasteiger charge is 2.18. The van der Waals surface area contributed by atoms with Crippen LogP contribution in [0.2, 0.25) is 5.02 Å². The smallest absolute Gasteiger partial charge is 0.124 e. The molecular formula is C15H16BrClN2O. The molecule has 0 aliphatic heterocycles. The predicted octanol–water partition coefficient (Wildman–Crippen LogP) is 3.97. The number of hydrazine groups is 1. The van der Waals surface area contributed by atoms with Gasteiger partial charge >= 0.3 is 0 Å². The van der Waals surface area contributed by atoms with Gasteiger partial charge in [-0.1, -0.05) is 39.7 Å². The number of nitrogens with two attached hydrogens (primary N) is 1. The number of ether oxygens (including phenoxy) is 1. The van der Waals surface area contributed by atoms with E-state index in [4.69, 9.17) is 22.2 Å². The lowest BCUT2D eigenvalue weighted by molar-refractivity contribution is 0.404. The Balaban J connectivity index is 2.51. The van der Waals surface area contributed by atoms with Gasteiger partial charge in [0.2, 0.25) is 0 Å². The monoisotopic (exact) mass is 354 g/mol. The summed E-state index contributed by atoms with van der Waals surface area (Å²) < 4.78 is 6.46. The molecule has 0 fully saturated rings. The Kier molecular flexibility index (Phi) is 5.05. The van der Waals surface area contributed by atoms with Crippen LogP contribution in [0.4, 0.5) is 0 Å². The molecule has 0 aliphatic rings. The van der Waals surface area contributed by atoms with Crippen molar-refractivity contribution in [3.63, 3.8) is 0 Å². The normalized spacial score (nSPS) is 12.2. The van der Waals surface area contributed by atoms with Gasteiger partial charge in [-0.25, -0.2) is 5.43 Å². The number of halogens is 2. The molecule has 0 heterocycles. The first-order valence-electron chi connectivity index (χ1n) is 6.12. The van der Waals surface area contributed by atoms with Crippen molar-refractivity contribution in [3.8, 4) is 5.75 Å². The fraction of sp³-hybridized carbons (Fsp3) is 0.200. The molecule has 0 bridgehead atoms. The zero-order chi connectivity index (χ0) is 14.7. The molecule has 0 spiro atoms. The Bertz CT molecular complexity index is 619. The van der Waals surface area contributed by atoms with Crippen LogP contribution in [0, 0.1) is 6.92 Å². The Morgan fingerprint density at radius 1 is 1.25 bits per heavy atom. The number of aryl methyl sites for hydroxylation is 1. The number of hydrogen-bond donors (Lipinski definition) is 2. The summed E-state index contributed by atoms with van der Waals surface area (Å²) in [6, 6.07) is 11.4. The highest BCUT2D eigenvalue weighted by atomic mass is 79.9. The van der Waals surface area contributed by atoms with Gasteiger partial charge in [-0.2, -0.15) is 0 Å². The van der Waals surface area contributed by atoms with Crippen LogP contribution >= 0.6 is 27.5 Å². The number of rotatable bonds is 4. The SMILES string of the molecule is COc1ccc(Cl)cc1C(NN)c1ccc(Br)c(C)c1. The number of methoxy groups -OCH3 is 1. The van der Waals surface area contributed by atoms with E-state index in [1.807, 2.05) is 31.2 Å². The van der Waals surface area contributed by atoms with Crippen LogP contribution in [0.1, 0.15) is 22.7 Å². The van der Waals surface area contributed by atoms with Crippen molar-refractivity contribution < 1.29 is 4.74 Å². The predicted molar refractivity (Wildman–Crippen MR) is 86.0 cm³/mol. The molecule has 2 aromatic rings. The maximum atomic E-state index is 6.09. The molecule has 2 rings (SSSR count). The second-order valence-electron chi connectivity index (χ2n) is 4.49. The van der Waals surface area contributed by atoms with Crippen molar-refractivity contribution in [3.05, 3.63) is 62.6 Å². The summed E-state index contributed by atoms with van der Waals surface area (Å²) >= 11 is 9.59. The molecule has 0 saturated carbocycles. The standard InChI is InChI=1S/C15H16BrClN2O/c1-9-7-10(3-5-13(9)16)15(19-18)12-8-11(17)4-6-14(12)20-2/h3-8,15,19H,18H2,1-2H3. The minimum absolute atomic E-state index is 0.185. The summed E-state index contributed by atoms with van der Waals surface area (Å²) in [5, 5.41) is 0.648. The maximum Gasteiger partial charge on any atom is 0.124 e. The van der Waals surface area contributed by atoms with Crippen LogP contribution < -0.4 is 16.0 Å². The molecule has 3 N–H and O–H groups in total. The first-order valence-corrected chi connectivity index (χ1v) is 7.29. The third-order valence-electron chi connectivity index (χ3n) is 3.18. The van der Waals surface area contributed by atoms with Gasteiger partial charge in [0.05, 0.1) is 13.2 Å². The van der Waals surface area contributed by atoms with E-state index in [9.17, 15) is 0 Å². The van der Waals surface area contributed by atoms with Crippen molar-refractivity contribution in [1.29, 1.82) is 0 Å². The Hall–Kier alpha value is -1.07. The summed E-state index contributed by atoms with van der Waals surface area (Å²) in [6.45, 7) is 2.04. The number of hydrogen-bond acceptors (Lipinski definition) is 3. The topological polar surface area (TPSA) is 47.3 Å². The fourth-order valence-electron chi connectivity index (χ4n) is 2.14. The largest absolute Gasteiger partial charge is 0.496 e. The summed E-state index contributed by atoms with van der Waals surface area (Å²) in [4.78, 5) is 0. The van der Waals surface area contributed by atoms with Crippen molar-refractivity contribution in [1.82, 2.24) is 5.43 Å². The molecular weight excluding hydrogens is 340 g/mol. The lowest BCUT2D eigenvalue weighted by Crippen LogP contribution is -2.29. The minimum Gasteiger partial charge on any atom is -0.496 e. The van der Waals surface area contributed by atoms with E-state index >= 15 is 0 Å². The van der Waals surface area contributed by atoms with Crippen LogP contribution in [0.5, 0.6) is 5.75 Å². The molecule has 0 aromatic heterocycles. The molecule has 0 aliphatic carbocycles. The third-order valence-corrected chi connectivity index (χ3v) is 4.31. The summed E-state index contributed by atoms with van der Waals surface area (Å²) in [6.07, 6.45) is 0. The van der Waals surface area contributed by atoms with E-state index in [1.165, 1.54) is 0 Å².